The Morgan fingerprint density at radius 3 is 2.62 bits per heavy atom. The topological polar surface area (TPSA) is 55.1 Å². The molecule has 0 saturated carbocycles. The summed E-state index contributed by atoms with van der Waals surface area (Å²) in [5.74, 6) is -1.61. The highest BCUT2D eigenvalue weighted by atomic mass is 79.9. The molecule has 0 aromatic heterocycles. The summed E-state index contributed by atoms with van der Waals surface area (Å²) in [6.07, 6.45) is 0. The zero-order valence-electron chi connectivity index (χ0n) is 10.6. The number of carbonyl (C=O) groups is 1. The van der Waals surface area contributed by atoms with Crippen molar-refractivity contribution in [3.8, 4) is 0 Å². The zero-order chi connectivity index (χ0) is 15.6. The highest BCUT2D eigenvalue weighted by Gasteiger charge is 2.11. The van der Waals surface area contributed by atoms with Gasteiger partial charge in [0.1, 0.15) is 11.6 Å². The summed E-state index contributed by atoms with van der Waals surface area (Å²) in [4.78, 5) is 11.1. The molecule has 2 aromatic carbocycles. The standard InChI is InChI=1S/C14H10BrClF2N2O/c15-10-4-9(17)5-11(16)13(10)20-6-8-3-7(14(19)21)1-2-12(8)18/h1-5,20H,6H2,(H2,19,21). The number of halogens is 4. The molecule has 0 aliphatic rings. The molecule has 3 nitrogen and oxygen atoms in total. The molecule has 0 aliphatic heterocycles. The van der Waals surface area contributed by atoms with Crippen LogP contribution >= 0.6 is 27.5 Å². The summed E-state index contributed by atoms with van der Waals surface area (Å²) < 4.78 is 27.2. The maximum Gasteiger partial charge on any atom is 0.248 e. The van der Waals surface area contributed by atoms with Crippen molar-refractivity contribution >= 4 is 39.1 Å². The van der Waals surface area contributed by atoms with Gasteiger partial charge in [-0.1, -0.05) is 11.6 Å². The quantitative estimate of drug-likeness (QED) is 0.845. The molecule has 0 saturated heterocycles. The van der Waals surface area contributed by atoms with Gasteiger partial charge in [0.25, 0.3) is 0 Å². The van der Waals surface area contributed by atoms with Crippen LogP contribution in [0.5, 0.6) is 0 Å². The molecule has 0 radical (unpaired) electrons. The van der Waals surface area contributed by atoms with E-state index in [0.29, 0.717) is 10.2 Å². The summed E-state index contributed by atoms with van der Waals surface area (Å²) in [7, 11) is 0. The Morgan fingerprint density at radius 2 is 2.00 bits per heavy atom. The number of nitrogens with two attached hydrogens (primary N) is 1. The van der Waals surface area contributed by atoms with E-state index < -0.39 is 17.5 Å². The Morgan fingerprint density at radius 1 is 1.29 bits per heavy atom. The Labute approximate surface area is 133 Å². The minimum atomic E-state index is -0.641. The van der Waals surface area contributed by atoms with Crippen molar-refractivity contribution in [2.24, 2.45) is 5.73 Å². The molecule has 0 aliphatic carbocycles. The van der Waals surface area contributed by atoms with Gasteiger partial charge in [0.15, 0.2) is 0 Å². The monoisotopic (exact) mass is 374 g/mol. The van der Waals surface area contributed by atoms with Crippen molar-refractivity contribution in [1.29, 1.82) is 0 Å². The first-order chi connectivity index (χ1) is 9.88. The van der Waals surface area contributed by atoms with E-state index in [1.807, 2.05) is 0 Å². The van der Waals surface area contributed by atoms with Crippen LogP contribution < -0.4 is 11.1 Å². The maximum atomic E-state index is 13.7. The second kappa shape index (κ2) is 6.41. The van der Waals surface area contributed by atoms with E-state index in [1.54, 1.807) is 0 Å². The Balaban J connectivity index is 2.24. The Kier molecular flexibility index (Phi) is 4.80. The number of anilines is 1. The van der Waals surface area contributed by atoms with Crippen LogP contribution in [-0.4, -0.2) is 5.91 Å². The van der Waals surface area contributed by atoms with Gasteiger partial charge in [-0.2, -0.15) is 0 Å². The lowest BCUT2D eigenvalue weighted by Gasteiger charge is -2.12. The molecule has 0 unspecified atom stereocenters. The van der Waals surface area contributed by atoms with Crippen molar-refractivity contribution in [2.45, 2.75) is 6.54 Å². The lowest BCUT2D eigenvalue weighted by molar-refractivity contribution is 0.1000. The third kappa shape index (κ3) is 3.71. The summed E-state index contributed by atoms with van der Waals surface area (Å²) >= 11 is 9.10. The average molecular weight is 376 g/mol. The predicted molar refractivity (Wildman–Crippen MR) is 81.4 cm³/mol. The molecule has 0 spiro atoms. The number of benzene rings is 2. The van der Waals surface area contributed by atoms with Gasteiger partial charge in [-0.3, -0.25) is 4.79 Å². The van der Waals surface area contributed by atoms with E-state index in [-0.39, 0.29) is 22.7 Å². The van der Waals surface area contributed by atoms with Gasteiger partial charge in [-0.15, -0.1) is 0 Å². The molecule has 2 rings (SSSR count). The van der Waals surface area contributed by atoms with Gasteiger partial charge in [0, 0.05) is 22.1 Å². The van der Waals surface area contributed by atoms with Gasteiger partial charge in [0.2, 0.25) is 5.91 Å². The number of amides is 1. The van der Waals surface area contributed by atoms with E-state index in [0.717, 1.165) is 6.07 Å². The Hall–Kier alpha value is -1.66. The number of hydrogen-bond acceptors (Lipinski definition) is 2. The van der Waals surface area contributed by atoms with E-state index in [1.165, 1.54) is 24.3 Å². The SMILES string of the molecule is NC(=O)c1ccc(F)c(CNc2c(Cl)cc(F)cc2Br)c1. The van der Waals surface area contributed by atoms with Crippen LogP contribution in [-0.2, 0) is 6.54 Å². The van der Waals surface area contributed by atoms with E-state index >= 15 is 0 Å². The van der Waals surface area contributed by atoms with Crippen LogP contribution in [0.1, 0.15) is 15.9 Å². The molecule has 3 N–H and O–H groups in total. The first-order valence-electron chi connectivity index (χ1n) is 5.85. The van der Waals surface area contributed by atoms with Crippen LogP contribution in [0, 0.1) is 11.6 Å². The number of nitrogens with one attached hydrogen (secondary N) is 1. The lowest BCUT2D eigenvalue weighted by atomic mass is 10.1. The van der Waals surface area contributed by atoms with Gasteiger partial charge in [-0.05, 0) is 46.3 Å². The number of rotatable bonds is 4. The predicted octanol–water partition coefficient (Wildman–Crippen LogP) is 4.09. The first-order valence-corrected chi connectivity index (χ1v) is 7.02. The molecule has 0 heterocycles. The van der Waals surface area contributed by atoms with Crippen LogP contribution in [0.15, 0.2) is 34.8 Å². The van der Waals surface area contributed by atoms with Crippen molar-refractivity contribution < 1.29 is 13.6 Å². The van der Waals surface area contributed by atoms with Gasteiger partial charge >= 0.3 is 0 Å². The third-order valence-corrected chi connectivity index (χ3v) is 3.72. The minimum absolute atomic E-state index is 0.0664. The maximum absolute atomic E-state index is 13.7. The summed E-state index contributed by atoms with van der Waals surface area (Å²) in [6.45, 7) is 0.0664. The van der Waals surface area contributed by atoms with Gasteiger partial charge in [-0.25, -0.2) is 8.78 Å². The number of primary amides is 1. The molecular formula is C14H10BrClF2N2O. The van der Waals surface area contributed by atoms with Crippen LogP contribution in [0.4, 0.5) is 14.5 Å². The van der Waals surface area contributed by atoms with Crippen LogP contribution in [0.25, 0.3) is 0 Å². The van der Waals surface area contributed by atoms with Crippen LogP contribution in [0.2, 0.25) is 5.02 Å². The molecule has 21 heavy (non-hydrogen) atoms. The molecule has 2 aromatic rings. The third-order valence-electron chi connectivity index (χ3n) is 2.79. The summed E-state index contributed by atoms with van der Waals surface area (Å²) in [5.41, 5.74) is 6.04. The summed E-state index contributed by atoms with van der Waals surface area (Å²) in [5, 5.41) is 3.05. The first kappa shape index (κ1) is 15.7. The van der Waals surface area contributed by atoms with Crippen LogP contribution in [0.3, 0.4) is 0 Å². The second-order valence-electron chi connectivity index (χ2n) is 4.27. The fraction of sp³-hybridized carbons (Fsp3) is 0.0714. The number of hydrogen-bond donors (Lipinski definition) is 2. The largest absolute Gasteiger partial charge is 0.379 e. The van der Waals surface area contributed by atoms with Crippen molar-refractivity contribution in [3.63, 3.8) is 0 Å². The highest BCUT2D eigenvalue weighted by Crippen LogP contribution is 2.32. The van der Waals surface area contributed by atoms with Crippen molar-refractivity contribution in [2.75, 3.05) is 5.32 Å². The molecule has 1 amide bonds. The van der Waals surface area contributed by atoms with Crippen molar-refractivity contribution in [3.05, 3.63) is 62.6 Å². The number of carbonyl (C=O) groups excluding carboxylic acids is 1. The fourth-order valence-electron chi connectivity index (χ4n) is 1.76. The average Bonchev–Trinajstić information content (AvgIpc) is 2.39. The molecule has 0 bridgehead atoms. The lowest BCUT2D eigenvalue weighted by Crippen LogP contribution is -2.12. The van der Waals surface area contributed by atoms with Crippen molar-refractivity contribution in [1.82, 2.24) is 0 Å². The van der Waals surface area contributed by atoms with E-state index in [2.05, 4.69) is 21.2 Å². The molecule has 110 valence electrons. The smallest absolute Gasteiger partial charge is 0.248 e. The normalized spacial score (nSPS) is 10.5. The van der Waals surface area contributed by atoms with Gasteiger partial charge < -0.3 is 11.1 Å². The van der Waals surface area contributed by atoms with E-state index in [9.17, 15) is 13.6 Å². The second-order valence-corrected chi connectivity index (χ2v) is 5.53. The molecular weight excluding hydrogens is 366 g/mol. The highest BCUT2D eigenvalue weighted by molar-refractivity contribution is 9.10. The summed E-state index contributed by atoms with van der Waals surface area (Å²) in [6, 6.07) is 6.21. The van der Waals surface area contributed by atoms with Gasteiger partial charge in [0.05, 0.1) is 10.7 Å². The zero-order valence-corrected chi connectivity index (χ0v) is 12.9. The molecule has 7 heteroatoms. The minimum Gasteiger partial charge on any atom is -0.379 e. The van der Waals surface area contributed by atoms with E-state index in [4.69, 9.17) is 17.3 Å². The fourth-order valence-corrected chi connectivity index (χ4v) is 2.72. The molecule has 0 atom stereocenters. The molecule has 0 fully saturated rings. The Bertz CT molecular complexity index is 686.